The Morgan fingerprint density at radius 2 is 1.89 bits per heavy atom. The molecule has 0 saturated heterocycles. The number of methoxy groups -OCH3 is 1. The highest BCUT2D eigenvalue weighted by Gasteiger charge is 2.06. The van der Waals surface area contributed by atoms with E-state index in [1.165, 1.54) is 0 Å². The first-order valence-corrected chi connectivity index (χ1v) is 6.01. The molecule has 0 atom stereocenters. The van der Waals surface area contributed by atoms with E-state index in [2.05, 4.69) is 15.3 Å². The van der Waals surface area contributed by atoms with Gasteiger partial charge in [0.25, 0.3) is 0 Å². The minimum Gasteiger partial charge on any atom is -0.493 e. The topological polar surface area (TPSA) is 56.3 Å². The number of aromatic nitrogens is 2. The highest BCUT2D eigenvalue weighted by Crippen LogP contribution is 2.26. The van der Waals surface area contributed by atoms with Crippen molar-refractivity contribution in [1.29, 1.82) is 0 Å². The van der Waals surface area contributed by atoms with Crippen molar-refractivity contribution in [3.05, 3.63) is 41.9 Å². The van der Waals surface area contributed by atoms with Crippen molar-refractivity contribution < 1.29 is 9.47 Å². The molecule has 19 heavy (non-hydrogen) atoms. The molecule has 0 saturated carbocycles. The molecule has 1 aromatic carbocycles. The van der Waals surface area contributed by atoms with E-state index in [4.69, 9.17) is 9.47 Å². The van der Waals surface area contributed by atoms with Crippen molar-refractivity contribution in [2.75, 3.05) is 19.5 Å². The van der Waals surface area contributed by atoms with E-state index in [0.29, 0.717) is 23.9 Å². The number of hydrogen-bond donors (Lipinski definition) is 1. The second kappa shape index (κ2) is 6.04. The van der Waals surface area contributed by atoms with Crippen molar-refractivity contribution in [1.82, 2.24) is 9.97 Å². The van der Waals surface area contributed by atoms with E-state index in [0.717, 1.165) is 11.5 Å². The monoisotopic (exact) mass is 259 g/mol. The van der Waals surface area contributed by atoms with E-state index in [-0.39, 0.29) is 0 Å². The van der Waals surface area contributed by atoms with Gasteiger partial charge in [0.05, 0.1) is 7.11 Å². The highest BCUT2D eigenvalue weighted by atomic mass is 16.5. The van der Waals surface area contributed by atoms with Gasteiger partial charge in [-0.1, -0.05) is 12.1 Å². The molecule has 2 aromatic rings. The molecule has 0 fully saturated rings. The number of anilines is 1. The zero-order valence-corrected chi connectivity index (χ0v) is 11.3. The molecule has 0 aliphatic carbocycles. The Morgan fingerprint density at radius 1 is 1.16 bits per heavy atom. The van der Waals surface area contributed by atoms with Crippen molar-refractivity contribution in [3.8, 4) is 11.5 Å². The summed E-state index contributed by atoms with van der Waals surface area (Å²) in [5, 5.41) is 3.00. The van der Waals surface area contributed by atoms with Gasteiger partial charge in [0.15, 0.2) is 17.3 Å². The molecule has 2 rings (SSSR count). The van der Waals surface area contributed by atoms with Gasteiger partial charge < -0.3 is 14.8 Å². The predicted molar refractivity (Wildman–Crippen MR) is 73.6 cm³/mol. The first-order chi connectivity index (χ1) is 9.22. The molecular formula is C14H17N3O2. The van der Waals surface area contributed by atoms with Crippen LogP contribution in [-0.2, 0) is 6.61 Å². The van der Waals surface area contributed by atoms with Crippen LogP contribution in [-0.4, -0.2) is 24.1 Å². The average Bonchev–Trinajstić information content (AvgIpc) is 2.44. The summed E-state index contributed by atoms with van der Waals surface area (Å²) in [4.78, 5) is 8.67. The molecule has 1 heterocycles. The van der Waals surface area contributed by atoms with Crippen LogP contribution in [0.5, 0.6) is 11.5 Å². The van der Waals surface area contributed by atoms with E-state index in [1.54, 1.807) is 7.11 Å². The van der Waals surface area contributed by atoms with Crippen LogP contribution < -0.4 is 14.8 Å². The lowest BCUT2D eigenvalue weighted by atomic mass is 10.3. The zero-order chi connectivity index (χ0) is 13.7. The van der Waals surface area contributed by atoms with Gasteiger partial charge in [-0.05, 0) is 19.1 Å². The molecule has 100 valence electrons. The minimum atomic E-state index is 0.302. The minimum absolute atomic E-state index is 0.302. The summed E-state index contributed by atoms with van der Waals surface area (Å²) in [6.07, 6.45) is 0. The molecule has 5 heteroatoms. The van der Waals surface area contributed by atoms with Gasteiger partial charge in [0.1, 0.15) is 12.4 Å². The van der Waals surface area contributed by atoms with Crippen LogP contribution in [0.4, 0.5) is 5.82 Å². The second-order valence-electron chi connectivity index (χ2n) is 4.00. The van der Waals surface area contributed by atoms with E-state index >= 15 is 0 Å². The van der Waals surface area contributed by atoms with Gasteiger partial charge in [-0.3, -0.25) is 0 Å². The van der Waals surface area contributed by atoms with Crippen LogP contribution in [0.25, 0.3) is 0 Å². The lowest BCUT2D eigenvalue weighted by molar-refractivity contribution is 0.276. The summed E-state index contributed by atoms with van der Waals surface area (Å²) in [5.41, 5.74) is 0.901. The second-order valence-corrected chi connectivity index (χ2v) is 4.00. The zero-order valence-electron chi connectivity index (χ0n) is 11.3. The van der Waals surface area contributed by atoms with Crippen molar-refractivity contribution in [2.45, 2.75) is 13.5 Å². The average molecular weight is 259 g/mol. The summed E-state index contributed by atoms with van der Waals surface area (Å²) < 4.78 is 10.9. The lowest BCUT2D eigenvalue weighted by Crippen LogP contribution is -2.06. The maximum atomic E-state index is 5.69. The highest BCUT2D eigenvalue weighted by molar-refractivity contribution is 5.39. The van der Waals surface area contributed by atoms with Crippen LogP contribution in [0.15, 0.2) is 30.3 Å². The fraction of sp³-hybridized carbons (Fsp3) is 0.286. The quantitative estimate of drug-likeness (QED) is 0.893. The molecule has 0 aliphatic rings. The lowest BCUT2D eigenvalue weighted by Gasteiger charge is -2.10. The van der Waals surface area contributed by atoms with Crippen molar-refractivity contribution >= 4 is 5.82 Å². The third kappa shape index (κ3) is 3.34. The Hall–Kier alpha value is -2.30. The number of benzene rings is 1. The van der Waals surface area contributed by atoms with E-state index in [1.807, 2.05) is 44.3 Å². The first kappa shape index (κ1) is 13.1. The Bertz CT molecular complexity index is 558. The van der Waals surface area contributed by atoms with Crippen molar-refractivity contribution in [3.63, 3.8) is 0 Å². The molecular weight excluding hydrogens is 242 g/mol. The maximum absolute atomic E-state index is 5.69. The van der Waals surface area contributed by atoms with Crippen LogP contribution in [0.2, 0.25) is 0 Å². The third-order valence-corrected chi connectivity index (χ3v) is 2.58. The van der Waals surface area contributed by atoms with Gasteiger partial charge in [-0.2, -0.15) is 0 Å². The normalized spacial score (nSPS) is 10.1. The first-order valence-electron chi connectivity index (χ1n) is 6.01. The molecule has 0 spiro atoms. The predicted octanol–water partition coefficient (Wildman–Crippen LogP) is 2.41. The molecule has 5 nitrogen and oxygen atoms in total. The van der Waals surface area contributed by atoms with Gasteiger partial charge >= 0.3 is 0 Å². The maximum Gasteiger partial charge on any atom is 0.168 e. The third-order valence-electron chi connectivity index (χ3n) is 2.58. The fourth-order valence-electron chi connectivity index (χ4n) is 1.70. The largest absolute Gasteiger partial charge is 0.493 e. The Morgan fingerprint density at radius 3 is 2.58 bits per heavy atom. The SMILES string of the molecule is CNc1cc(C)nc(COc2ccccc2OC)n1. The number of aryl methyl sites for hydroxylation is 1. The number of hydrogen-bond acceptors (Lipinski definition) is 5. The fourth-order valence-corrected chi connectivity index (χ4v) is 1.70. The number of nitrogens with zero attached hydrogens (tertiary/aromatic N) is 2. The van der Waals surface area contributed by atoms with Crippen LogP contribution in [0, 0.1) is 6.92 Å². The van der Waals surface area contributed by atoms with E-state index < -0.39 is 0 Å². The number of ether oxygens (including phenoxy) is 2. The summed E-state index contributed by atoms with van der Waals surface area (Å²) in [7, 11) is 3.44. The number of para-hydroxylation sites is 2. The van der Waals surface area contributed by atoms with Crippen LogP contribution in [0.1, 0.15) is 11.5 Å². The summed E-state index contributed by atoms with van der Waals surface area (Å²) in [5.74, 6) is 2.80. The molecule has 0 aliphatic heterocycles. The van der Waals surface area contributed by atoms with Crippen LogP contribution >= 0.6 is 0 Å². The molecule has 0 bridgehead atoms. The molecule has 0 amide bonds. The van der Waals surface area contributed by atoms with Gasteiger partial charge in [0.2, 0.25) is 0 Å². The van der Waals surface area contributed by atoms with Gasteiger partial charge in [-0.15, -0.1) is 0 Å². The summed E-state index contributed by atoms with van der Waals surface area (Å²) in [6.45, 7) is 2.23. The molecule has 1 aromatic heterocycles. The van der Waals surface area contributed by atoms with E-state index in [9.17, 15) is 0 Å². The molecule has 1 N–H and O–H groups in total. The van der Waals surface area contributed by atoms with Crippen LogP contribution in [0.3, 0.4) is 0 Å². The molecule has 0 radical (unpaired) electrons. The smallest absolute Gasteiger partial charge is 0.168 e. The Kier molecular flexibility index (Phi) is 4.18. The standard InChI is InChI=1S/C14H17N3O2/c1-10-8-13(15-2)17-14(16-10)9-19-12-7-5-4-6-11(12)18-3/h4-8H,9H2,1-3H3,(H,15,16,17). The Labute approximate surface area is 112 Å². The number of rotatable bonds is 5. The summed E-state index contributed by atoms with van der Waals surface area (Å²) >= 11 is 0. The Balaban J connectivity index is 2.12. The van der Waals surface area contributed by atoms with Gasteiger partial charge in [0, 0.05) is 18.8 Å². The molecule has 0 unspecified atom stereocenters. The van der Waals surface area contributed by atoms with Crippen molar-refractivity contribution in [2.24, 2.45) is 0 Å². The summed E-state index contributed by atoms with van der Waals surface area (Å²) in [6, 6.07) is 9.38. The van der Waals surface area contributed by atoms with Gasteiger partial charge in [-0.25, -0.2) is 9.97 Å². The number of nitrogens with one attached hydrogen (secondary N) is 1.